The zero-order chi connectivity index (χ0) is 20.0. The fourth-order valence-corrected chi connectivity index (χ4v) is 4.48. The Hall–Kier alpha value is -1.93. The number of benzene rings is 1. The summed E-state index contributed by atoms with van der Waals surface area (Å²) >= 11 is 0. The first-order chi connectivity index (χ1) is 12.7. The number of rotatable bonds is 8. The lowest BCUT2D eigenvalue weighted by molar-refractivity contribution is -0.137. The van der Waals surface area contributed by atoms with Crippen molar-refractivity contribution in [3.63, 3.8) is 0 Å². The summed E-state index contributed by atoms with van der Waals surface area (Å²) in [7, 11) is -3.55. The molecule has 0 atom stereocenters. The molecule has 1 aromatic carbocycles. The molecular formula is C19H28N2O5S. The second-order valence-corrected chi connectivity index (χ2v) is 9.05. The number of unbranched alkanes of at least 4 members (excludes halogenated alkanes) is 1. The number of piperazine rings is 1. The van der Waals surface area contributed by atoms with Gasteiger partial charge >= 0.3 is 5.97 Å². The van der Waals surface area contributed by atoms with Crippen LogP contribution in [-0.4, -0.2) is 60.8 Å². The van der Waals surface area contributed by atoms with Crippen LogP contribution in [0.25, 0.3) is 0 Å². The summed E-state index contributed by atoms with van der Waals surface area (Å²) in [4.78, 5) is 24.6. The largest absolute Gasteiger partial charge is 0.481 e. The zero-order valence-electron chi connectivity index (χ0n) is 15.9. The number of nitrogens with zero attached hydrogens (tertiary/aromatic N) is 2. The van der Waals surface area contributed by atoms with E-state index in [-0.39, 0.29) is 30.3 Å². The fraction of sp³-hybridized carbons (Fsp3) is 0.579. The van der Waals surface area contributed by atoms with Gasteiger partial charge in [-0.25, -0.2) is 8.42 Å². The van der Waals surface area contributed by atoms with E-state index in [9.17, 15) is 18.0 Å². The second-order valence-electron chi connectivity index (χ2n) is 7.11. The third-order valence-corrected chi connectivity index (χ3v) is 6.72. The summed E-state index contributed by atoms with van der Waals surface area (Å²) in [5.41, 5.74) is 1.09. The molecule has 1 fully saturated rings. The summed E-state index contributed by atoms with van der Waals surface area (Å²) in [6, 6.07) is 6.97. The lowest BCUT2D eigenvalue weighted by Crippen LogP contribution is -2.50. The van der Waals surface area contributed by atoms with Gasteiger partial charge < -0.3 is 10.0 Å². The van der Waals surface area contributed by atoms with Gasteiger partial charge in [0.2, 0.25) is 15.9 Å². The predicted molar refractivity (Wildman–Crippen MR) is 102 cm³/mol. The van der Waals surface area contributed by atoms with Gasteiger partial charge in [0.15, 0.2) is 0 Å². The van der Waals surface area contributed by atoms with Crippen LogP contribution in [0.3, 0.4) is 0 Å². The molecule has 0 aromatic heterocycles. The van der Waals surface area contributed by atoms with Gasteiger partial charge in [0.1, 0.15) is 0 Å². The van der Waals surface area contributed by atoms with Crippen molar-refractivity contribution in [3.05, 3.63) is 29.8 Å². The Labute approximate surface area is 161 Å². The van der Waals surface area contributed by atoms with E-state index < -0.39 is 16.0 Å². The van der Waals surface area contributed by atoms with Crippen molar-refractivity contribution in [3.8, 4) is 0 Å². The Bertz CT molecular complexity index is 751. The SMILES string of the molecule is CC(C)c1ccc(S(=O)(=O)N2CCN(C(=O)CCCCC(=O)O)CC2)cc1. The Kier molecular flexibility index (Phi) is 7.38. The maximum Gasteiger partial charge on any atom is 0.303 e. The number of carboxylic acid groups (broad SMARTS) is 1. The van der Waals surface area contributed by atoms with Crippen LogP contribution in [0, 0.1) is 0 Å². The third-order valence-electron chi connectivity index (χ3n) is 4.81. The number of carboxylic acids is 1. The van der Waals surface area contributed by atoms with Crippen LogP contribution < -0.4 is 0 Å². The van der Waals surface area contributed by atoms with Gasteiger partial charge in [-0.2, -0.15) is 4.31 Å². The quantitative estimate of drug-likeness (QED) is 0.680. The van der Waals surface area contributed by atoms with Crippen LogP contribution in [0.1, 0.15) is 51.0 Å². The van der Waals surface area contributed by atoms with E-state index in [1.54, 1.807) is 17.0 Å². The normalized spacial score (nSPS) is 15.9. The maximum absolute atomic E-state index is 12.8. The predicted octanol–water partition coefficient (Wildman–Crippen LogP) is 2.29. The van der Waals surface area contributed by atoms with Gasteiger partial charge in [-0.3, -0.25) is 9.59 Å². The molecule has 7 nitrogen and oxygen atoms in total. The first kappa shape index (κ1) is 21.4. The monoisotopic (exact) mass is 396 g/mol. The lowest BCUT2D eigenvalue weighted by atomic mass is 10.0. The van der Waals surface area contributed by atoms with Crippen LogP contribution in [0.15, 0.2) is 29.2 Å². The lowest BCUT2D eigenvalue weighted by Gasteiger charge is -2.34. The summed E-state index contributed by atoms with van der Waals surface area (Å²) in [6.45, 7) is 5.38. The molecule has 1 N–H and O–H groups in total. The topological polar surface area (TPSA) is 95.0 Å². The van der Waals surface area contributed by atoms with E-state index in [0.29, 0.717) is 38.3 Å². The van der Waals surface area contributed by atoms with Crippen molar-refractivity contribution in [1.82, 2.24) is 9.21 Å². The Morgan fingerprint density at radius 2 is 1.56 bits per heavy atom. The van der Waals surface area contributed by atoms with E-state index in [1.165, 1.54) is 4.31 Å². The second kappa shape index (κ2) is 9.32. The minimum absolute atomic E-state index is 0.0428. The maximum atomic E-state index is 12.8. The van der Waals surface area contributed by atoms with Crippen LogP contribution in [-0.2, 0) is 19.6 Å². The molecule has 0 spiro atoms. The van der Waals surface area contributed by atoms with Crippen molar-refractivity contribution in [2.24, 2.45) is 0 Å². The fourth-order valence-electron chi connectivity index (χ4n) is 3.06. The number of aliphatic carboxylic acids is 1. The Morgan fingerprint density at radius 1 is 1.00 bits per heavy atom. The molecular weight excluding hydrogens is 368 g/mol. The smallest absolute Gasteiger partial charge is 0.303 e. The first-order valence-electron chi connectivity index (χ1n) is 9.31. The number of carbonyl (C=O) groups is 2. The highest BCUT2D eigenvalue weighted by molar-refractivity contribution is 7.89. The molecule has 0 radical (unpaired) electrons. The number of amides is 1. The molecule has 0 unspecified atom stereocenters. The van der Waals surface area contributed by atoms with Gasteiger partial charge in [-0.05, 0) is 36.5 Å². The van der Waals surface area contributed by atoms with Gasteiger partial charge in [-0.1, -0.05) is 26.0 Å². The number of hydrogen-bond donors (Lipinski definition) is 1. The number of carbonyl (C=O) groups excluding carboxylic acids is 1. The van der Waals surface area contributed by atoms with Gasteiger partial charge in [0, 0.05) is 39.0 Å². The van der Waals surface area contributed by atoms with Crippen molar-refractivity contribution < 1.29 is 23.1 Å². The van der Waals surface area contributed by atoms with Crippen molar-refractivity contribution >= 4 is 21.9 Å². The number of hydrogen-bond acceptors (Lipinski definition) is 4. The first-order valence-corrected chi connectivity index (χ1v) is 10.8. The van der Waals surface area contributed by atoms with Gasteiger partial charge in [0.25, 0.3) is 0 Å². The zero-order valence-corrected chi connectivity index (χ0v) is 16.7. The highest BCUT2D eigenvalue weighted by atomic mass is 32.2. The molecule has 0 bridgehead atoms. The van der Waals surface area contributed by atoms with E-state index in [0.717, 1.165) is 5.56 Å². The third kappa shape index (κ3) is 5.77. The molecule has 150 valence electrons. The highest BCUT2D eigenvalue weighted by Crippen LogP contribution is 2.21. The minimum atomic E-state index is -3.55. The van der Waals surface area contributed by atoms with Gasteiger partial charge in [0.05, 0.1) is 4.90 Å². The van der Waals surface area contributed by atoms with Crippen LogP contribution in [0.5, 0.6) is 0 Å². The van der Waals surface area contributed by atoms with E-state index >= 15 is 0 Å². The van der Waals surface area contributed by atoms with E-state index in [2.05, 4.69) is 13.8 Å². The Balaban J connectivity index is 1.88. The average molecular weight is 397 g/mol. The van der Waals surface area contributed by atoms with E-state index in [4.69, 9.17) is 5.11 Å². The summed E-state index contributed by atoms with van der Waals surface area (Å²) in [5, 5.41) is 8.61. The summed E-state index contributed by atoms with van der Waals surface area (Å²) < 4.78 is 27.0. The molecule has 0 aliphatic carbocycles. The number of sulfonamides is 1. The average Bonchev–Trinajstić information content (AvgIpc) is 2.65. The molecule has 2 rings (SSSR count). The van der Waals surface area contributed by atoms with Crippen LogP contribution in [0.2, 0.25) is 0 Å². The van der Waals surface area contributed by atoms with E-state index in [1.807, 2.05) is 12.1 Å². The minimum Gasteiger partial charge on any atom is -0.481 e. The molecule has 0 saturated carbocycles. The van der Waals surface area contributed by atoms with Crippen molar-refractivity contribution in [2.45, 2.75) is 50.3 Å². The molecule has 1 saturated heterocycles. The van der Waals surface area contributed by atoms with Gasteiger partial charge in [-0.15, -0.1) is 0 Å². The summed E-state index contributed by atoms with van der Waals surface area (Å²) in [6.07, 6.45) is 1.37. The van der Waals surface area contributed by atoms with Crippen molar-refractivity contribution in [2.75, 3.05) is 26.2 Å². The highest BCUT2D eigenvalue weighted by Gasteiger charge is 2.29. The molecule has 27 heavy (non-hydrogen) atoms. The molecule has 1 aromatic rings. The molecule has 1 heterocycles. The Morgan fingerprint density at radius 3 is 2.07 bits per heavy atom. The van der Waals surface area contributed by atoms with Crippen LogP contribution in [0.4, 0.5) is 0 Å². The van der Waals surface area contributed by atoms with Crippen molar-refractivity contribution in [1.29, 1.82) is 0 Å². The molecule has 1 aliphatic rings. The molecule has 1 amide bonds. The molecule has 1 aliphatic heterocycles. The standard InChI is InChI=1S/C19H28N2O5S/c1-15(2)16-7-9-17(10-8-16)27(25,26)21-13-11-20(12-14-21)18(22)5-3-4-6-19(23)24/h7-10,15H,3-6,11-14H2,1-2H3,(H,23,24). The molecule has 8 heteroatoms. The van der Waals surface area contributed by atoms with Crippen LogP contribution >= 0.6 is 0 Å². The summed E-state index contributed by atoms with van der Waals surface area (Å²) in [5.74, 6) is -0.562.